The van der Waals surface area contributed by atoms with E-state index in [2.05, 4.69) is 64.8 Å². The topological polar surface area (TPSA) is 87.9 Å². The van der Waals surface area contributed by atoms with E-state index in [1.807, 2.05) is 11.9 Å². The number of nitrogens with one attached hydrogen (secondary N) is 6. The van der Waals surface area contributed by atoms with Crippen molar-refractivity contribution < 1.29 is 17.9 Å². The maximum Gasteiger partial charge on any atom is 0.405 e. The molecule has 1 saturated carbocycles. The van der Waals surface area contributed by atoms with Gasteiger partial charge in [0, 0.05) is 58.0 Å². The predicted molar refractivity (Wildman–Crippen MR) is 145 cm³/mol. The van der Waals surface area contributed by atoms with E-state index in [4.69, 9.17) is 4.74 Å². The van der Waals surface area contributed by atoms with Crippen LogP contribution in [0.4, 0.5) is 13.2 Å². The van der Waals surface area contributed by atoms with Crippen LogP contribution in [0, 0.1) is 23.2 Å². The van der Waals surface area contributed by atoms with Crippen molar-refractivity contribution in [3.05, 3.63) is 0 Å². The van der Waals surface area contributed by atoms with Gasteiger partial charge in [-0.25, -0.2) is 5.01 Å². The van der Waals surface area contributed by atoms with Crippen LogP contribution >= 0.6 is 0 Å². The quantitative estimate of drug-likeness (QED) is 0.297. The fourth-order valence-electron chi connectivity index (χ4n) is 8.19. The van der Waals surface area contributed by atoms with Crippen LogP contribution < -0.4 is 32.0 Å². The van der Waals surface area contributed by atoms with E-state index in [0.29, 0.717) is 24.0 Å². The van der Waals surface area contributed by atoms with Crippen molar-refractivity contribution in [2.75, 3.05) is 41.0 Å². The summed E-state index contributed by atoms with van der Waals surface area (Å²) in [5.74, 6) is 1.07. The van der Waals surface area contributed by atoms with E-state index < -0.39 is 12.2 Å². The average Bonchev–Trinajstić information content (AvgIpc) is 3.43. The molecule has 0 bridgehead atoms. The Morgan fingerprint density at radius 1 is 0.949 bits per heavy atom. The van der Waals surface area contributed by atoms with Crippen LogP contribution in [0.15, 0.2) is 0 Å². The average molecular weight is 561 g/mol. The molecule has 39 heavy (non-hydrogen) atoms. The Morgan fingerprint density at radius 2 is 1.67 bits per heavy atom. The largest absolute Gasteiger partial charge is 0.405 e. The summed E-state index contributed by atoms with van der Waals surface area (Å²) in [5.41, 5.74) is 3.83. The van der Waals surface area contributed by atoms with Gasteiger partial charge in [-0.3, -0.25) is 31.6 Å². The summed E-state index contributed by atoms with van der Waals surface area (Å²) in [6, 6.07) is -0.132. The molecule has 9 atom stereocenters. The van der Waals surface area contributed by atoms with E-state index in [9.17, 15) is 13.2 Å². The first-order chi connectivity index (χ1) is 18.4. The molecule has 9 unspecified atom stereocenters. The Morgan fingerprint density at radius 3 is 2.28 bits per heavy atom. The van der Waals surface area contributed by atoms with Crippen LogP contribution in [-0.4, -0.2) is 106 Å². The third-order valence-corrected chi connectivity index (χ3v) is 10.2. The van der Waals surface area contributed by atoms with Crippen molar-refractivity contribution in [1.82, 2.24) is 41.9 Å². The molecule has 0 aromatic carbocycles. The first-order valence-corrected chi connectivity index (χ1v) is 14.9. The molecule has 5 rings (SSSR count). The molecule has 0 aromatic heterocycles. The van der Waals surface area contributed by atoms with Crippen LogP contribution in [-0.2, 0) is 4.74 Å². The molecule has 0 amide bonds. The molecule has 6 N–H and O–H groups in total. The zero-order valence-electron chi connectivity index (χ0n) is 24.4. The van der Waals surface area contributed by atoms with Gasteiger partial charge < -0.3 is 10.1 Å². The van der Waals surface area contributed by atoms with Crippen LogP contribution in [0.1, 0.15) is 52.9 Å². The Balaban J connectivity index is 1.19. The van der Waals surface area contributed by atoms with E-state index in [1.165, 1.54) is 0 Å². The minimum atomic E-state index is -4.18. The number of likely N-dealkylation sites (N-methyl/N-ethyl adjacent to an activating group) is 2. The molecule has 0 radical (unpaired) electrons. The molecule has 12 heteroatoms. The summed E-state index contributed by atoms with van der Waals surface area (Å²) >= 11 is 0. The SMILES string of the molecule is COC1NCNC(C(C)(C)C)C1C1NCC2C(N1)C(CC1CCC(C3NC(C(F)(F)F)CN3C)CC1)NN2C. The Bertz CT molecular complexity index is 820. The van der Waals surface area contributed by atoms with Crippen LogP contribution in [0.3, 0.4) is 0 Å². The van der Waals surface area contributed by atoms with E-state index in [0.717, 1.165) is 45.3 Å². The molecule has 5 aliphatic rings. The molecule has 5 fully saturated rings. The summed E-state index contributed by atoms with van der Waals surface area (Å²) in [5, 5.41) is 20.1. The van der Waals surface area contributed by atoms with E-state index in [-0.39, 0.29) is 48.4 Å². The van der Waals surface area contributed by atoms with Gasteiger partial charge in [0.1, 0.15) is 12.3 Å². The molecule has 4 saturated heterocycles. The number of ether oxygens (including phenoxy) is 1. The van der Waals surface area contributed by atoms with E-state index >= 15 is 0 Å². The third-order valence-electron chi connectivity index (χ3n) is 10.2. The highest BCUT2D eigenvalue weighted by Gasteiger charge is 2.51. The molecule has 1 aliphatic carbocycles. The lowest BCUT2D eigenvalue weighted by atomic mass is 9.74. The second kappa shape index (κ2) is 11.6. The molecule has 9 nitrogen and oxygen atoms in total. The molecule has 226 valence electrons. The maximum atomic E-state index is 13.3. The van der Waals surface area contributed by atoms with Gasteiger partial charge in [0.2, 0.25) is 0 Å². The van der Waals surface area contributed by atoms with Crippen molar-refractivity contribution >= 4 is 0 Å². The van der Waals surface area contributed by atoms with Crippen LogP contribution in [0.2, 0.25) is 0 Å². The van der Waals surface area contributed by atoms with Crippen molar-refractivity contribution in [1.29, 1.82) is 0 Å². The molecular weight excluding hydrogens is 509 g/mol. The Labute approximate surface area is 232 Å². The standard InChI is InChI=1S/C27H51F3N8O/c1-26(2,3)22-20(25(39-6)33-14-32-22)23-31-12-18-21(35-23)17(36-38(18)5)11-15-7-9-16(10-8-15)24-34-19(13-37(24)4)27(28,29)30/h15-25,31-36H,7-14H2,1-6H3. The van der Waals surface area contributed by atoms with Gasteiger partial charge in [-0.15, -0.1) is 0 Å². The van der Waals surface area contributed by atoms with Crippen LogP contribution in [0.5, 0.6) is 0 Å². The highest BCUT2D eigenvalue weighted by Crippen LogP contribution is 2.39. The lowest BCUT2D eigenvalue weighted by molar-refractivity contribution is -0.150. The zero-order chi connectivity index (χ0) is 28.1. The smallest absolute Gasteiger partial charge is 0.366 e. The number of hydrogen-bond donors (Lipinski definition) is 6. The number of hydrogen-bond acceptors (Lipinski definition) is 9. The van der Waals surface area contributed by atoms with Gasteiger partial charge in [0.25, 0.3) is 0 Å². The maximum absolute atomic E-state index is 13.3. The number of fused-ring (bicyclic) bond motifs is 1. The zero-order valence-corrected chi connectivity index (χ0v) is 24.4. The molecule has 4 heterocycles. The third kappa shape index (κ3) is 6.29. The van der Waals surface area contributed by atoms with E-state index in [1.54, 1.807) is 7.11 Å². The number of halogens is 3. The minimum Gasteiger partial charge on any atom is -0.366 e. The fraction of sp³-hybridized carbons (Fsp3) is 1.00. The predicted octanol–water partition coefficient (Wildman–Crippen LogP) is 1.20. The lowest BCUT2D eigenvalue weighted by Crippen LogP contribution is -2.74. The molecule has 4 aliphatic heterocycles. The van der Waals surface area contributed by atoms with Crippen LogP contribution in [0.25, 0.3) is 0 Å². The molecule has 0 aromatic rings. The van der Waals surface area contributed by atoms with Crippen molar-refractivity contribution in [3.8, 4) is 0 Å². The number of nitrogens with zero attached hydrogens (tertiary/aromatic N) is 2. The number of rotatable bonds is 5. The van der Waals surface area contributed by atoms with Gasteiger partial charge >= 0.3 is 6.18 Å². The first kappa shape index (κ1) is 29.9. The van der Waals surface area contributed by atoms with Gasteiger partial charge in [-0.1, -0.05) is 33.6 Å². The van der Waals surface area contributed by atoms with Gasteiger partial charge in [0.05, 0.1) is 18.4 Å². The lowest BCUT2D eigenvalue weighted by Gasteiger charge is -2.51. The summed E-state index contributed by atoms with van der Waals surface area (Å²) in [7, 11) is 5.74. The van der Waals surface area contributed by atoms with Crippen molar-refractivity contribution in [2.45, 2.75) is 108 Å². The van der Waals surface area contributed by atoms with Gasteiger partial charge in [-0.05, 0) is 43.6 Å². The normalized spacial score (nSPS) is 45.0. The second-order valence-electron chi connectivity index (χ2n) is 13.8. The summed E-state index contributed by atoms with van der Waals surface area (Å²) in [4.78, 5) is 1.87. The van der Waals surface area contributed by atoms with Gasteiger partial charge in [-0.2, -0.15) is 13.2 Å². The summed E-state index contributed by atoms with van der Waals surface area (Å²) in [6.07, 6.45) is 0.888. The molecule has 0 spiro atoms. The number of methoxy groups -OCH3 is 1. The minimum absolute atomic E-state index is 0.0440. The summed E-state index contributed by atoms with van der Waals surface area (Å²) < 4.78 is 45.7. The summed E-state index contributed by atoms with van der Waals surface area (Å²) in [6.45, 7) is 8.53. The highest BCUT2D eigenvalue weighted by molar-refractivity contribution is 5.07. The molecular formula is C27H51F3N8O. The Hall–Kier alpha value is -0.570. The monoisotopic (exact) mass is 560 g/mol. The van der Waals surface area contributed by atoms with Crippen molar-refractivity contribution in [3.63, 3.8) is 0 Å². The first-order valence-electron chi connectivity index (χ1n) is 14.9. The number of alkyl halides is 3. The highest BCUT2D eigenvalue weighted by atomic mass is 19.4. The van der Waals surface area contributed by atoms with Gasteiger partial charge in [0.15, 0.2) is 0 Å². The Kier molecular flexibility index (Phi) is 8.90. The van der Waals surface area contributed by atoms with Crippen molar-refractivity contribution in [2.24, 2.45) is 23.2 Å². The second-order valence-corrected chi connectivity index (χ2v) is 13.8. The number of hydrazine groups is 1. The fourth-order valence-corrected chi connectivity index (χ4v) is 8.19.